The Morgan fingerprint density at radius 1 is 1.25 bits per heavy atom. The number of hydrogen-bond acceptors (Lipinski definition) is 3. The standard InChI is InChI=1S/C12H12FNO2/c13-7-5-9(15)12-8-1-3-14-4-2-10(8)16-11(12)6-7/h5-6,14-15H,1-4H2. The molecule has 0 spiro atoms. The molecular weight excluding hydrogens is 209 g/mol. The lowest BCUT2D eigenvalue weighted by molar-refractivity contribution is 0.474. The van der Waals surface area contributed by atoms with Gasteiger partial charge in [0, 0.05) is 30.7 Å². The van der Waals surface area contributed by atoms with E-state index in [1.165, 1.54) is 6.07 Å². The summed E-state index contributed by atoms with van der Waals surface area (Å²) in [5.74, 6) is 0.370. The highest BCUT2D eigenvalue weighted by Gasteiger charge is 2.19. The summed E-state index contributed by atoms with van der Waals surface area (Å²) in [6.07, 6.45) is 1.59. The molecule has 16 heavy (non-hydrogen) atoms. The highest BCUT2D eigenvalue weighted by atomic mass is 19.1. The first-order chi connectivity index (χ1) is 7.75. The van der Waals surface area contributed by atoms with E-state index in [0.29, 0.717) is 11.0 Å². The highest BCUT2D eigenvalue weighted by Crippen LogP contribution is 2.34. The Bertz CT molecular complexity index is 547. The van der Waals surface area contributed by atoms with E-state index in [9.17, 15) is 9.50 Å². The number of rotatable bonds is 0. The van der Waals surface area contributed by atoms with Crippen LogP contribution in [0.3, 0.4) is 0 Å². The second-order valence-corrected chi connectivity index (χ2v) is 4.05. The summed E-state index contributed by atoms with van der Waals surface area (Å²) in [6.45, 7) is 1.72. The molecule has 0 fully saturated rings. The predicted molar refractivity (Wildman–Crippen MR) is 58.1 cm³/mol. The molecule has 84 valence electrons. The molecule has 0 saturated heterocycles. The molecule has 1 aromatic heterocycles. The van der Waals surface area contributed by atoms with Crippen molar-refractivity contribution < 1.29 is 13.9 Å². The molecule has 0 atom stereocenters. The van der Waals surface area contributed by atoms with Crippen molar-refractivity contribution in [3.05, 3.63) is 29.3 Å². The summed E-state index contributed by atoms with van der Waals surface area (Å²) in [5, 5.41) is 13.7. The first-order valence-corrected chi connectivity index (χ1v) is 5.39. The van der Waals surface area contributed by atoms with Crippen LogP contribution in [0.1, 0.15) is 11.3 Å². The van der Waals surface area contributed by atoms with Gasteiger partial charge in [0.1, 0.15) is 22.9 Å². The van der Waals surface area contributed by atoms with Crippen LogP contribution >= 0.6 is 0 Å². The fraction of sp³-hybridized carbons (Fsp3) is 0.333. The summed E-state index contributed by atoms with van der Waals surface area (Å²) < 4.78 is 18.7. The summed E-state index contributed by atoms with van der Waals surface area (Å²) in [7, 11) is 0. The SMILES string of the molecule is Oc1cc(F)cc2oc3c(c12)CCNCC3. The zero-order valence-electron chi connectivity index (χ0n) is 8.72. The van der Waals surface area contributed by atoms with E-state index in [2.05, 4.69) is 5.32 Å². The van der Waals surface area contributed by atoms with Gasteiger partial charge in [-0.05, 0) is 13.0 Å². The van der Waals surface area contributed by atoms with Crippen LogP contribution in [-0.2, 0) is 12.8 Å². The quantitative estimate of drug-likeness (QED) is 0.714. The van der Waals surface area contributed by atoms with Gasteiger partial charge in [-0.3, -0.25) is 0 Å². The van der Waals surface area contributed by atoms with Crippen LogP contribution in [0.15, 0.2) is 16.5 Å². The van der Waals surface area contributed by atoms with Crippen molar-refractivity contribution in [2.24, 2.45) is 0 Å². The van der Waals surface area contributed by atoms with Crippen molar-refractivity contribution in [2.75, 3.05) is 13.1 Å². The highest BCUT2D eigenvalue weighted by molar-refractivity contribution is 5.88. The summed E-state index contributed by atoms with van der Waals surface area (Å²) in [4.78, 5) is 0. The van der Waals surface area contributed by atoms with Gasteiger partial charge in [-0.25, -0.2) is 4.39 Å². The zero-order chi connectivity index (χ0) is 11.1. The van der Waals surface area contributed by atoms with Crippen LogP contribution in [0.5, 0.6) is 5.75 Å². The fourth-order valence-corrected chi connectivity index (χ4v) is 2.29. The number of halogens is 1. The Morgan fingerprint density at radius 2 is 2.06 bits per heavy atom. The Labute approximate surface area is 91.9 Å². The van der Waals surface area contributed by atoms with Gasteiger partial charge in [-0.2, -0.15) is 0 Å². The van der Waals surface area contributed by atoms with Crippen molar-refractivity contribution in [1.82, 2.24) is 5.32 Å². The van der Waals surface area contributed by atoms with Crippen molar-refractivity contribution in [3.63, 3.8) is 0 Å². The summed E-state index contributed by atoms with van der Waals surface area (Å²) in [6, 6.07) is 2.47. The van der Waals surface area contributed by atoms with E-state index >= 15 is 0 Å². The van der Waals surface area contributed by atoms with Gasteiger partial charge in [0.2, 0.25) is 0 Å². The average molecular weight is 221 g/mol. The first kappa shape index (κ1) is 9.66. The third-order valence-corrected chi connectivity index (χ3v) is 3.00. The van der Waals surface area contributed by atoms with Gasteiger partial charge in [-0.1, -0.05) is 0 Å². The van der Waals surface area contributed by atoms with Crippen LogP contribution < -0.4 is 5.32 Å². The second-order valence-electron chi connectivity index (χ2n) is 4.05. The smallest absolute Gasteiger partial charge is 0.141 e. The monoisotopic (exact) mass is 221 g/mol. The molecule has 0 aliphatic carbocycles. The maximum Gasteiger partial charge on any atom is 0.141 e. The molecule has 1 aliphatic heterocycles. The molecule has 3 rings (SSSR count). The molecule has 0 radical (unpaired) electrons. The minimum atomic E-state index is -0.466. The number of phenols is 1. The van der Waals surface area contributed by atoms with Crippen molar-refractivity contribution >= 4 is 11.0 Å². The third-order valence-electron chi connectivity index (χ3n) is 3.00. The average Bonchev–Trinajstić information content (AvgIpc) is 2.42. The van der Waals surface area contributed by atoms with E-state index in [4.69, 9.17) is 4.42 Å². The fourth-order valence-electron chi connectivity index (χ4n) is 2.29. The number of nitrogens with one attached hydrogen (secondary N) is 1. The lowest BCUT2D eigenvalue weighted by Crippen LogP contribution is -2.16. The second kappa shape index (κ2) is 3.49. The van der Waals surface area contributed by atoms with Crippen molar-refractivity contribution in [2.45, 2.75) is 12.8 Å². The first-order valence-electron chi connectivity index (χ1n) is 5.39. The predicted octanol–water partition coefficient (Wildman–Crippen LogP) is 1.97. The largest absolute Gasteiger partial charge is 0.507 e. The maximum atomic E-state index is 13.1. The normalized spacial score (nSPS) is 16.1. The molecule has 0 saturated carbocycles. The Morgan fingerprint density at radius 3 is 2.94 bits per heavy atom. The van der Waals surface area contributed by atoms with Crippen molar-refractivity contribution in [3.8, 4) is 5.75 Å². The molecule has 3 nitrogen and oxygen atoms in total. The van der Waals surface area contributed by atoms with Crippen molar-refractivity contribution in [1.29, 1.82) is 0 Å². The van der Waals surface area contributed by atoms with Gasteiger partial charge in [0.25, 0.3) is 0 Å². The number of phenolic OH excluding ortho intramolecular Hbond substituents is 1. The Kier molecular flexibility index (Phi) is 2.11. The van der Waals surface area contributed by atoms with Gasteiger partial charge < -0.3 is 14.8 Å². The van der Waals surface area contributed by atoms with Crippen LogP contribution in [-0.4, -0.2) is 18.2 Å². The van der Waals surface area contributed by atoms with E-state index in [-0.39, 0.29) is 5.75 Å². The molecule has 0 amide bonds. The molecule has 0 unspecified atom stereocenters. The number of furan rings is 1. The van der Waals surface area contributed by atoms with Crippen LogP contribution in [0, 0.1) is 5.82 Å². The lowest BCUT2D eigenvalue weighted by Gasteiger charge is -1.99. The third kappa shape index (κ3) is 1.38. The zero-order valence-corrected chi connectivity index (χ0v) is 8.72. The number of hydrogen-bond donors (Lipinski definition) is 2. The Balaban J connectivity index is 2.29. The molecule has 2 heterocycles. The van der Waals surface area contributed by atoms with Gasteiger partial charge >= 0.3 is 0 Å². The van der Waals surface area contributed by atoms with Gasteiger partial charge in [-0.15, -0.1) is 0 Å². The van der Waals surface area contributed by atoms with Gasteiger partial charge in [0.15, 0.2) is 0 Å². The number of fused-ring (bicyclic) bond motifs is 3. The number of benzene rings is 1. The lowest BCUT2D eigenvalue weighted by atomic mass is 10.1. The van der Waals surface area contributed by atoms with Crippen LogP contribution in [0.25, 0.3) is 11.0 Å². The molecule has 1 aliphatic rings. The van der Waals surface area contributed by atoms with E-state index < -0.39 is 5.82 Å². The molecule has 1 aromatic carbocycles. The minimum Gasteiger partial charge on any atom is -0.507 e. The number of aromatic hydroxyl groups is 1. The molecule has 2 aromatic rings. The van der Waals surface area contributed by atoms with E-state index in [1.807, 2.05) is 0 Å². The Hall–Kier alpha value is -1.55. The molecule has 2 N–H and O–H groups in total. The van der Waals surface area contributed by atoms with Crippen LogP contribution in [0.4, 0.5) is 4.39 Å². The van der Waals surface area contributed by atoms with Gasteiger partial charge in [0.05, 0.1) is 5.39 Å². The molecular formula is C12H12FNO2. The van der Waals surface area contributed by atoms with E-state index in [1.54, 1.807) is 0 Å². The minimum absolute atomic E-state index is 0.0260. The van der Waals surface area contributed by atoms with Crippen LogP contribution in [0.2, 0.25) is 0 Å². The molecule has 4 heteroatoms. The summed E-state index contributed by atoms with van der Waals surface area (Å²) in [5.41, 5.74) is 1.46. The summed E-state index contributed by atoms with van der Waals surface area (Å²) >= 11 is 0. The van der Waals surface area contributed by atoms with E-state index in [0.717, 1.165) is 43.3 Å². The topological polar surface area (TPSA) is 45.4 Å². The molecule has 0 bridgehead atoms. The maximum absolute atomic E-state index is 13.1.